The van der Waals surface area contributed by atoms with Gasteiger partial charge in [-0.05, 0) is 25.3 Å². The van der Waals surface area contributed by atoms with Gasteiger partial charge in [0.2, 0.25) is 10.0 Å². The molecule has 2 rings (SSSR count). The number of hydrogen-bond acceptors (Lipinski definition) is 4. The van der Waals surface area contributed by atoms with Crippen molar-refractivity contribution >= 4 is 10.0 Å². The Hall–Kier alpha value is -1.42. The third-order valence-corrected chi connectivity index (χ3v) is 5.50. The third-order valence-electron chi connectivity index (χ3n) is 3.58. The highest BCUT2D eigenvalue weighted by atomic mass is 32.2. The molecule has 0 radical (unpaired) electrons. The standard InChI is InChI=1S/C15H20N2O3S/c1-2-14-7-5-8-17(14)21(19,20)15-10-13(11-16-12-15)6-3-4-9-18/h10-12,14,18H,2,4-5,7-9H2,1H3. The average molecular weight is 308 g/mol. The van der Waals surface area contributed by atoms with Crippen LogP contribution >= 0.6 is 0 Å². The molecule has 2 heterocycles. The molecule has 0 aliphatic carbocycles. The molecule has 1 aliphatic heterocycles. The van der Waals surface area contributed by atoms with Gasteiger partial charge in [-0.15, -0.1) is 0 Å². The second kappa shape index (κ2) is 7.03. The second-order valence-electron chi connectivity index (χ2n) is 5.00. The molecule has 5 nitrogen and oxygen atoms in total. The third kappa shape index (κ3) is 3.62. The molecule has 0 bridgehead atoms. The first-order chi connectivity index (χ1) is 10.1. The van der Waals surface area contributed by atoms with Crippen molar-refractivity contribution in [1.29, 1.82) is 0 Å². The maximum Gasteiger partial charge on any atom is 0.244 e. The van der Waals surface area contributed by atoms with E-state index >= 15 is 0 Å². The average Bonchev–Trinajstić information content (AvgIpc) is 2.97. The van der Waals surface area contributed by atoms with Gasteiger partial charge in [-0.25, -0.2) is 8.42 Å². The summed E-state index contributed by atoms with van der Waals surface area (Å²) in [6.07, 6.45) is 5.91. The van der Waals surface area contributed by atoms with Crippen LogP contribution in [0, 0.1) is 11.8 Å². The van der Waals surface area contributed by atoms with Gasteiger partial charge in [0, 0.05) is 37.0 Å². The molecule has 1 fully saturated rings. The maximum atomic E-state index is 12.7. The minimum atomic E-state index is -3.50. The summed E-state index contributed by atoms with van der Waals surface area (Å²) in [6.45, 7) is 2.57. The highest BCUT2D eigenvalue weighted by molar-refractivity contribution is 7.89. The second-order valence-corrected chi connectivity index (χ2v) is 6.90. The minimum absolute atomic E-state index is 0.00955. The first kappa shape index (κ1) is 16.0. The van der Waals surface area contributed by atoms with Crippen LogP contribution in [0.3, 0.4) is 0 Å². The van der Waals surface area contributed by atoms with Gasteiger partial charge < -0.3 is 5.11 Å². The number of aliphatic hydroxyl groups excluding tert-OH is 1. The summed E-state index contributed by atoms with van der Waals surface area (Å²) in [4.78, 5) is 4.17. The number of sulfonamides is 1. The Balaban J connectivity index is 2.29. The Bertz CT molecular complexity index is 646. The topological polar surface area (TPSA) is 70.5 Å². The van der Waals surface area contributed by atoms with E-state index in [4.69, 9.17) is 5.11 Å². The number of nitrogens with zero attached hydrogens (tertiary/aromatic N) is 2. The number of aromatic nitrogens is 1. The van der Waals surface area contributed by atoms with Gasteiger partial charge >= 0.3 is 0 Å². The zero-order chi connectivity index (χ0) is 15.3. The lowest BCUT2D eigenvalue weighted by Crippen LogP contribution is -2.35. The molecule has 1 aromatic heterocycles. The smallest absolute Gasteiger partial charge is 0.244 e. The lowest BCUT2D eigenvalue weighted by Gasteiger charge is -2.22. The fourth-order valence-electron chi connectivity index (χ4n) is 2.52. The quantitative estimate of drug-likeness (QED) is 0.853. The van der Waals surface area contributed by atoms with Crippen LogP contribution in [-0.2, 0) is 10.0 Å². The van der Waals surface area contributed by atoms with Gasteiger partial charge in [-0.3, -0.25) is 4.98 Å². The van der Waals surface area contributed by atoms with Crippen LogP contribution < -0.4 is 0 Å². The molecule has 1 atom stereocenters. The van der Waals surface area contributed by atoms with E-state index in [-0.39, 0.29) is 17.5 Å². The summed E-state index contributed by atoms with van der Waals surface area (Å²) >= 11 is 0. The van der Waals surface area contributed by atoms with Crippen molar-refractivity contribution in [3.05, 3.63) is 24.0 Å². The highest BCUT2D eigenvalue weighted by Gasteiger charge is 2.34. The summed E-state index contributed by atoms with van der Waals surface area (Å²) in [5.74, 6) is 5.59. The molecule has 1 unspecified atom stereocenters. The molecule has 0 amide bonds. The van der Waals surface area contributed by atoms with Crippen LogP contribution in [0.4, 0.5) is 0 Å². The van der Waals surface area contributed by atoms with Crippen LogP contribution in [0.2, 0.25) is 0 Å². The molecule has 0 aromatic carbocycles. The van der Waals surface area contributed by atoms with Gasteiger partial charge in [0.1, 0.15) is 4.90 Å². The van der Waals surface area contributed by atoms with Crippen LogP contribution in [0.5, 0.6) is 0 Å². The van der Waals surface area contributed by atoms with E-state index in [1.165, 1.54) is 12.4 Å². The van der Waals surface area contributed by atoms with Crippen LogP contribution in [0.15, 0.2) is 23.4 Å². The molecular weight excluding hydrogens is 288 g/mol. The Morgan fingerprint density at radius 1 is 1.48 bits per heavy atom. The zero-order valence-electron chi connectivity index (χ0n) is 12.1. The van der Waals surface area contributed by atoms with Crippen molar-refractivity contribution in [2.24, 2.45) is 0 Å². The fraction of sp³-hybridized carbons (Fsp3) is 0.533. The van der Waals surface area contributed by atoms with Crippen molar-refractivity contribution in [1.82, 2.24) is 9.29 Å². The van der Waals surface area contributed by atoms with E-state index in [0.29, 0.717) is 18.5 Å². The summed E-state index contributed by atoms with van der Waals surface area (Å²) in [5.41, 5.74) is 0.553. The SMILES string of the molecule is CCC1CCCN1S(=O)(=O)c1cncc(C#CCCO)c1. The van der Waals surface area contributed by atoms with E-state index in [9.17, 15) is 8.42 Å². The fourth-order valence-corrected chi connectivity index (χ4v) is 4.27. The number of hydrogen-bond donors (Lipinski definition) is 1. The lowest BCUT2D eigenvalue weighted by atomic mass is 10.2. The summed E-state index contributed by atoms with van der Waals surface area (Å²) in [5, 5.41) is 8.71. The Morgan fingerprint density at radius 2 is 2.29 bits per heavy atom. The molecule has 0 saturated carbocycles. The normalized spacial score (nSPS) is 19.2. The Kier molecular flexibility index (Phi) is 5.34. The first-order valence-electron chi connectivity index (χ1n) is 7.16. The number of pyridine rings is 1. The predicted octanol–water partition coefficient (Wildman–Crippen LogP) is 1.38. The van der Waals surface area contributed by atoms with E-state index < -0.39 is 10.0 Å². The summed E-state index contributed by atoms with van der Waals surface area (Å²) in [6, 6.07) is 1.64. The van der Waals surface area contributed by atoms with Crippen molar-refractivity contribution < 1.29 is 13.5 Å². The summed E-state index contributed by atoms with van der Waals surface area (Å²) in [7, 11) is -3.50. The van der Waals surface area contributed by atoms with Crippen molar-refractivity contribution in [3.8, 4) is 11.8 Å². The molecule has 114 valence electrons. The highest BCUT2D eigenvalue weighted by Crippen LogP contribution is 2.27. The largest absolute Gasteiger partial charge is 0.395 e. The van der Waals surface area contributed by atoms with Gasteiger partial charge in [-0.1, -0.05) is 18.8 Å². The van der Waals surface area contributed by atoms with E-state index in [2.05, 4.69) is 16.8 Å². The van der Waals surface area contributed by atoms with Gasteiger partial charge in [-0.2, -0.15) is 4.31 Å². The first-order valence-corrected chi connectivity index (χ1v) is 8.60. The molecule has 0 spiro atoms. The monoisotopic (exact) mass is 308 g/mol. The van der Waals surface area contributed by atoms with Crippen LogP contribution in [0.1, 0.15) is 38.2 Å². The summed E-state index contributed by atoms with van der Waals surface area (Å²) < 4.78 is 26.9. The van der Waals surface area contributed by atoms with Gasteiger partial charge in [0.15, 0.2) is 0 Å². The minimum Gasteiger partial charge on any atom is -0.395 e. The molecule has 1 aromatic rings. The Morgan fingerprint density at radius 3 is 3.00 bits per heavy atom. The molecule has 1 saturated heterocycles. The number of rotatable bonds is 4. The zero-order valence-corrected chi connectivity index (χ0v) is 12.9. The molecule has 1 N–H and O–H groups in total. The van der Waals surface area contributed by atoms with E-state index in [1.54, 1.807) is 10.4 Å². The molecule has 21 heavy (non-hydrogen) atoms. The van der Waals surface area contributed by atoms with Crippen molar-refractivity contribution in [3.63, 3.8) is 0 Å². The Labute approximate surface area is 126 Å². The lowest BCUT2D eigenvalue weighted by molar-refractivity contribution is 0.305. The van der Waals surface area contributed by atoms with Crippen molar-refractivity contribution in [2.45, 2.75) is 43.5 Å². The van der Waals surface area contributed by atoms with Gasteiger partial charge in [0.05, 0.1) is 6.61 Å². The predicted molar refractivity (Wildman–Crippen MR) is 80.0 cm³/mol. The van der Waals surface area contributed by atoms with Crippen LogP contribution in [0.25, 0.3) is 0 Å². The van der Waals surface area contributed by atoms with Crippen molar-refractivity contribution in [2.75, 3.05) is 13.2 Å². The molecule has 1 aliphatic rings. The molecular formula is C15H20N2O3S. The number of aliphatic hydroxyl groups is 1. The molecule has 6 heteroatoms. The van der Waals surface area contributed by atoms with Crippen LogP contribution in [-0.4, -0.2) is 42.0 Å². The maximum absolute atomic E-state index is 12.7. The van der Waals surface area contributed by atoms with E-state index in [1.807, 2.05) is 6.92 Å². The van der Waals surface area contributed by atoms with Gasteiger partial charge in [0.25, 0.3) is 0 Å². The van der Waals surface area contributed by atoms with E-state index in [0.717, 1.165) is 19.3 Å².